The summed E-state index contributed by atoms with van der Waals surface area (Å²) in [4.78, 5) is 33.8. The van der Waals surface area contributed by atoms with Crippen molar-refractivity contribution in [1.29, 1.82) is 0 Å². The van der Waals surface area contributed by atoms with Crippen LogP contribution in [-0.2, 0) is 9.59 Å². The quantitative estimate of drug-likeness (QED) is 0.0962. The first-order valence-corrected chi connectivity index (χ1v) is 16.8. The predicted octanol–water partition coefficient (Wildman–Crippen LogP) is 9.55. The number of allylic oxidation sites excluding steroid dienone is 2. The largest absolute Gasteiger partial charge is 0.478 e. The molecule has 0 aromatic heterocycles. The van der Waals surface area contributed by atoms with Crippen LogP contribution in [0.3, 0.4) is 0 Å². The summed E-state index contributed by atoms with van der Waals surface area (Å²) < 4.78 is 0. The van der Waals surface area contributed by atoms with Crippen LogP contribution in [0, 0.1) is 11.8 Å². The van der Waals surface area contributed by atoms with Gasteiger partial charge in [0, 0.05) is 41.2 Å². The van der Waals surface area contributed by atoms with Crippen molar-refractivity contribution in [1.82, 2.24) is 5.32 Å². The summed E-state index contributed by atoms with van der Waals surface area (Å²) in [6.07, 6.45) is 6.80. The SMILES string of the molecule is CCC(/C=C(/C(=O)O)C(C)C(C)C)=NCC(C)=C1C(=O)Nc2cc(Cl)c(-c3ccc(-c4ccc(/C(=C/NC=NC)CC)cc4)cc3)cc21. The molecule has 3 N–H and O–H groups in total. The van der Waals surface area contributed by atoms with E-state index in [0.717, 1.165) is 45.4 Å². The molecule has 4 rings (SSSR count). The summed E-state index contributed by atoms with van der Waals surface area (Å²) in [7, 11) is 1.73. The standard InChI is InChI=1S/C40H45ClN4O3/c1-8-27(22-43-23-42-7)28-10-12-29(13-11-28)30-14-16-31(17-15-30)34-19-35-37(20-36(34)41)45-39(46)38(35)25(5)21-44-32(9-2)18-33(40(47)48)26(6)24(3)4/h10-20,22-24,26H,8-9,21H2,1-7H3,(H,42,43)(H,45,46)(H,47,48)/b27-22+,33-18+,38-25?,44-32?. The average molecular weight is 665 g/mol. The van der Waals surface area contributed by atoms with E-state index in [9.17, 15) is 14.7 Å². The summed E-state index contributed by atoms with van der Waals surface area (Å²) in [6, 6.07) is 20.5. The zero-order valence-electron chi connectivity index (χ0n) is 28.8. The Hall–Kier alpha value is -4.75. The predicted molar refractivity (Wildman–Crippen MR) is 202 cm³/mol. The zero-order chi connectivity index (χ0) is 35.0. The van der Waals surface area contributed by atoms with Crippen molar-refractivity contribution in [3.63, 3.8) is 0 Å². The number of nitrogens with one attached hydrogen (secondary N) is 2. The monoisotopic (exact) mass is 664 g/mol. The topological polar surface area (TPSA) is 103 Å². The molecule has 0 spiro atoms. The van der Waals surface area contributed by atoms with Gasteiger partial charge in [-0.2, -0.15) is 0 Å². The molecule has 0 aliphatic carbocycles. The fourth-order valence-electron chi connectivity index (χ4n) is 5.64. The van der Waals surface area contributed by atoms with Crippen molar-refractivity contribution in [2.75, 3.05) is 18.9 Å². The Morgan fingerprint density at radius 1 is 0.958 bits per heavy atom. The maximum absolute atomic E-state index is 13.2. The molecule has 3 aromatic rings. The molecule has 48 heavy (non-hydrogen) atoms. The van der Waals surface area contributed by atoms with Gasteiger partial charge in [-0.15, -0.1) is 0 Å². The van der Waals surface area contributed by atoms with E-state index in [1.54, 1.807) is 25.5 Å². The number of hydrogen-bond donors (Lipinski definition) is 3. The zero-order valence-corrected chi connectivity index (χ0v) is 29.6. The van der Waals surface area contributed by atoms with Gasteiger partial charge in [0.05, 0.1) is 23.6 Å². The molecule has 1 atom stereocenters. The van der Waals surface area contributed by atoms with Crippen LogP contribution in [0.4, 0.5) is 5.69 Å². The molecule has 0 saturated carbocycles. The van der Waals surface area contributed by atoms with Crippen LogP contribution < -0.4 is 10.6 Å². The third-order valence-electron chi connectivity index (χ3n) is 8.85. The fourth-order valence-corrected chi connectivity index (χ4v) is 5.91. The van der Waals surface area contributed by atoms with Gasteiger partial charge in [-0.1, -0.05) is 94.8 Å². The van der Waals surface area contributed by atoms with E-state index >= 15 is 0 Å². The van der Waals surface area contributed by atoms with Gasteiger partial charge in [0.1, 0.15) is 0 Å². The number of aliphatic carboxylic acids is 1. The molecule has 1 amide bonds. The van der Waals surface area contributed by atoms with Gasteiger partial charge in [-0.25, -0.2) is 4.79 Å². The fraction of sp³-hybridized carbons (Fsp3) is 0.300. The van der Waals surface area contributed by atoms with Crippen LogP contribution in [0.5, 0.6) is 0 Å². The summed E-state index contributed by atoms with van der Waals surface area (Å²) in [5.41, 5.74) is 10.1. The maximum atomic E-state index is 13.2. The number of carbonyl (C=O) groups excluding carboxylic acids is 1. The Morgan fingerprint density at radius 2 is 1.58 bits per heavy atom. The Morgan fingerprint density at radius 3 is 2.15 bits per heavy atom. The van der Waals surface area contributed by atoms with Gasteiger partial charge < -0.3 is 15.7 Å². The second-order valence-electron chi connectivity index (χ2n) is 12.3. The highest BCUT2D eigenvalue weighted by atomic mass is 35.5. The molecule has 0 bridgehead atoms. The Bertz CT molecular complexity index is 1810. The molecule has 1 unspecified atom stereocenters. The lowest BCUT2D eigenvalue weighted by Crippen LogP contribution is -2.16. The Labute approximate surface area is 289 Å². The van der Waals surface area contributed by atoms with Crippen LogP contribution in [0.25, 0.3) is 33.4 Å². The highest BCUT2D eigenvalue weighted by Crippen LogP contribution is 2.41. The van der Waals surface area contributed by atoms with Gasteiger partial charge in [0.2, 0.25) is 0 Å². The molecular weight excluding hydrogens is 620 g/mol. The number of carboxylic acids is 1. The van der Waals surface area contributed by atoms with Crippen molar-refractivity contribution in [2.45, 2.75) is 54.4 Å². The molecule has 250 valence electrons. The number of hydrogen-bond acceptors (Lipinski definition) is 4. The van der Waals surface area contributed by atoms with E-state index in [1.807, 2.05) is 59.0 Å². The number of anilines is 1. The third-order valence-corrected chi connectivity index (χ3v) is 9.16. The first-order chi connectivity index (χ1) is 23.0. The molecule has 0 fully saturated rings. The summed E-state index contributed by atoms with van der Waals surface area (Å²) in [6.45, 7) is 12.2. The summed E-state index contributed by atoms with van der Waals surface area (Å²) in [5, 5.41) is 16.4. The summed E-state index contributed by atoms with van der Waals surface area (Å²) in [5.74, 6) is -1.07. The van der Waals surface area contributed by atoms with Crippen molar-refractivity contribution in [3.05, 3.63) is 100 Å². The van der Waals surface area contributed by atoms with Crippen molar-refractivity contribution in [2.24, 2.45) is 21.8 Å². The van der Waals surface area contributed by atoms with Crippen LogP contribution in [0.2, 0.25) is 5.02 Å². The number of carbonyl (C=O) groups is 2. The van der Waals surface area contributed by atoms with Crippen molar-refractivity contribution in [3.8, 4) is 22.3 Å². The molecular formula is C40H45ClN4O3. The van der Waals surface area contributed by atoms with Gasteiger partial charge in [-0.05, 0) is 83.2 Å². The van der Waals surface area contributed by atoms with Crippen LogP contribution >= 0.6 is 11.6 Å². The minimum Gasteiger partial charge on any atom is -0.478 e. The van der Waals surface area contributed by atoms with Crippen LogP contribution in [-0.4, -0.2) is 42.6 Å². The second kappa shape index (κ2) is 16.4. The molecule has 1 aliphatic rings. The molecule has 1 aliphatic heterocycles. The molecule has 0 saturated heterocycles. The number of halogens is 1. The molecule has 3 aromatic carbocycles. The van der Waals surface area contributed by atoms with Crippen LogP contribution in [0.15, 0.2) is 94.1 Å². The maximum Gasteiger partial charge on any atom is 0.331 e. The van der Waals surface area contributed by atoms with Gasteiger partial charge >= 0.3 is 5.97 Å². The van der Waals surface area contributed by atoms with E-state index in [4.69, 9.17) is 16.6 Å². The Kier molecular flexibility index (Phi) is 12.3. The molecule has 0 radical (unpaired) electrons. The third kappa shape index (κ3) is 8.39. The van der Waals surface area contributed by atoms with E-state index < -0.39 is 5.97 Å². The number of aliphatic imine (C=N–C) groups is 2. The van der Waals surface area contributed by atoms with E-state index in [-0.39, 0.29) is 24.3 Å². The van der Waals surface area contributed by atoms with Gasteiger partial charge in [0.15, 0.2) is 0 Å². The van der Waals surface area contributed by atoms with Crippen LogP contribution in [0.1, 0.15) is 65.5 Å². The Balaban J connectivity index is 1.61. The highest BCUT2D eigenvalue weighted by molar-refractivity contribution is 6.37. The number of rotatable bonds is 13. The van der Waals surface area contributed by atoms with Gasteiger partial charge in [-0.3, -0.25) is 14.8 Å². The number of carboxylic acid groups (broad SMARTS) is 1. The lowest BCUT2D eigenvalue weighted by atomic mass is 9.89. The number of amides is 1. The first-order valence-electron chi connectivity index (χ1n) is 16.4. The minimum atomic E-state index is -0.933. The number of nitrogens with zero attached hydrogens (tertiary/aromatic N) is 2. The molecule has 1 heterocycles. The lowest BCUT2D eigenvalue weighted by Gasteiger charge is -2.16. The van der Waals surface area contributed by atoms with Crippen molar-refractivity contribution >= 4 is 52.4 Å². The number of fused-ring (bicyclic) bond motifs is 1. The highest BCUT2D eigenvalue weighted by Gasteiger charge is 2.28. The van der Waals surface area contributed by atoms with E-state index in [2.05, 4.69) is 58.9 Å². The first kappa shape index (κ1) is 36.1. The molecule has 7 nitrogen and oxygen atoms in total. The van der Waals surface area contributed by atoms with Crippen molar-refractivity contribution < 1.29 is 14.7 Å². The summed E-state index contributed by atoms with van der Waals surface area (Å²) >= 11 is 6.76. The van der Waals surface area contributed by atoms with E-state index in [0.29, 0.717) is 34.0 Å². The van der Waals surface area contributed by atoms with Gasteiger partial charge in [0.25, 0.3) is 5.91 Å². The lowest BCUT2D eigenvalue weighted by molar-refractivity contribution is -0.133. The normalized spacial score (nSPS) is 15.5. The second-order valence-corrected chi connectivity index (χ2v) is 12.7. The minimum absolute atomic E-state index is 0.116. The number of benzene rings is 3. The van der Waals surface area contributed by atoms with E-state index in [1.165, 1.54) is 5.57 Å². The smallest absolute Gasteiger partial charge is 0.331 e. The average Bonchev–Trinajstić information content (AvgIpc) is 3.40. The molecule has 8 heteroatoms.